The van der Waals surface area contributed by atoms with Crippen molar-refractivity contribution in [1.29, 1.82) is 0 Å². The molecule has 0 aliphatic carbocycles. The van der Waals surface area contributed by atoms with Gasteiger partial charge in [-0.05, 0) is 23.6 Å². The molecule has 2 rings (SSSR count). The average molecular weight is 369 g/mol. The molecule has 1 amide bonds. The van der Waals surface area contributed by atoms with Crippen LogP contribution in [-0.2, 0) is 26.8 Å². The summed E-state index contributed by atoms with van der Waals surface area (Å²) >= 11 is 0. The van der Waals surface area contributed by atoms with Crippen LogP contribution in [0.4, 0.5) is 4.39 Å². The summed E-state index contributed by atoms with van der Waals surface area (Å²) in [6.07, 6.45) is 0.657. The second kappa shape index (κ2) is 8.19. The minimum atomic E-state index is -3.81. The Hall–Kier alpha value is -2.29. The van der Waals surface area contributed by atoms with Crippen LogP contribution < -0.4 is 5.32 Å². The number of benzene rings is 1. The van der Waals surface area contributed by atoms with Gasteiger partial charge in [-0.2, -0.15) is 0 Å². The summed E-state index contributed by atoms with van der Waals surface area (Å²) in [4.78, 5) is 11.5. The highest BCUT2D eigenvalue weighted by Crippen LogP contribution is 2.16. The fourth-order valence-corrected chi connectivity index (χ4v) is 3.22. The lowest BCUT2D eigenvalue weighted by molar-refractivity contribution is -0.121. The van der Waals surface area contributed by atoms with Crippen LogP contribution in [0.3, 0.4) is 0 Å². The van der Waals surface area contributed by atoms with Gasteiger partial charge in [0.05, 0.1) is 5.75 Å². The SMILES string of the molecule is CC(C)CC(=O)NCCc1nnc(S(=O)(=O)Cc2ccc(F)cc2)o1. The molecule has 0 bridgehead atoms. The summed E-state index contributed by atoms with van der Waals surface area (Å²) in [5.74, 6) is -0.506. The van der Waals surface area contributed by atoms with E-state index in [9.17, 15) is 17.6 Å². The molecule has 0 radical (unpaired) electrons. The summed E-state index contributed by atoms with van der Waals surface area (Å²) in [5, 5.41) is 9.46. The molecule has 25 heavy (non-hydrogen) atoms. The first-order valence-corrected chi connectivity index (χ1v) is 9.48. The predicted octanol–water partition coefficient (Wildman–Crippen LogP) is 1.89. The Labute approximate surface area is 145 Å². The van der Waals surface area contributed by atoms with Crippen molar-refractivity contribution < 1.29 is 22.0 Å². The minimum absolute atomic E-state index is 0.0846. The van der Waals surface area contributed by atoms with Gasteiger partial charge in [-0.15, -0.1) is 5.10 Å². The summed E-state index contributed by atoms with van der Waals surface area (Å²) in [5.41, 5.74) is 0.419. The average Bonchev–Trinajstić information content (AvgIpc) is 2.98. The van der Waals surface area contributed by atoms with Gasteiger partial charge in [0.15, 0.2) is 0 Å². The van der Waals surface area contributed by atoms with Crippen LogP contribution in [0.15, 0.2) is 33.9 Å². The highest BCUT2D eigenvalue weighted by molar-refractivity contribution is 7.90. The number of rotatable bonds is 8. The topological polar surface area (TPSA) is 102 Å². The van der Waals surface area contributed by atoms with E-state index in [0.717, 1.165) is 0 Å². The summed E-state index contributed by atoms with van der Waals surface area (Å²) < 4.78 is 42.5. The molecule has 0 fully saturated rings. The van der Waals surface area contributed by atoms with Gasteiger partial charge in [0.1, 0.15) is 5.82 Å². The molecule has 0 unspecified atom stereocenters. The third-order valence-electron chi connectivity index (χ3n) is 3.24. The van der Waals surface area contributed by atoms with Gasteiger partial charge in [-0.1, -0.05) is 31.1 Å². The van der Waals surface area contributed by atoms with Crippen molar-refractivity contribution in [2.75, 3.05) is 6.54 Å². The van der Waals surface area contributed by atoms with E-state index in [1.807, 2.05) is 13.8 Å². The van der Waals surface area contributed by atoms with Gasteiger partial charge in [0.25, 0.3) is 0 Å². The van der Waals surface area contributed by atoms with Crippen LogP contribution >= 0.6 is 0 Å². The summed E-state index contributed by atoms with van der Waals surface area (Å²) in [7, 11) is -3.81. The van der Waals surface area contributed by atoms with Gasteiger partial charge in [-0.25, -0.2) is 12.8 Å². The van der Waals surface area contributed by atoms with Crippen LogP contribution in [0.25, 0.3) is 0 Å². The van der Waals surface area contributed by atoms with Crippen LogP contribution in [0.2, 0.25) is 0 Å². The van der Waals surface area contributed by atoms with Crippen molar-refractivity contribution in [3.8, 4) is 0 Å². The number of halogens is 1. The molecule has 0 spiro atoms. The molecular weight excluding hydrogens is 349 g/mol. The Bertz CT molecular complexity index is 816. The van der Waals surface area contributed by atoms with E-state index in [1.165, 1.54) is 24.3 Å². The lowest BCUT2D eigenvalue weighted by atomic mass is 10.1. The molecule has 0 saturated carbocycles. The van der Waals surface area contributed by atoms with Crippen LogP contribution in [-0.4, -0.2) is 31.1 Å². The number of hydrogen-bond acceptors (Lipinski definition) is 6. The number of hydrogen-bond donors (Lipinski definition) is 1. The van der Waals surface area contributed by atoms with Crippen molar-refractivity contribution in [2.45, 2.75) is 37.7 Å². The zero-order chi connectivity index (χ0) is 18.4. The number of nitrogens with one attached hydrogen (secondary N) is 1. The first-order valence-electron chi connectivity index (χ1n) is 7.82. The van der Waals surface area contributed by atoms with Crippen LogP contribution in [0, 0.1) is 11.7 Å². The highest BCUT2D eigenvalue weighted by Gasteiger charge is 2.23. The molecule has 1 aromatic carbocycles. The maximum atomic E-state index is 12.9. The molecule has 136 valence electrons. The number of aromatic nitrogens is 2. The first kappa shape index (κ1) is 19.0. The molecule has 0 aliphatic heterocycles. The second-order valence-electron chi connectivity index (χ2n) is 6.05. The number of nitrogens with zero attached hydrogens (tertiary/aromatic N) is 2. The molecule has 0 saturated heterocycles. The largest absolute Gasteiger partial charge is 0.412 e. The standard InChI is InChI=1S/C16H20FN3O4S/c1-11(2)9-14(21)18-8-7-15-19-20-16(24-15)25(22,23)10-12-3-5-13(17)6-4-12/h3-6,11H,7-10H2,1-2H3,(H,18,21). The highest BCUT2D eigenvalue weighted by atomic mass is 32.2. The zero-order valence-corrected chi connectivity index (χ0v) is 14.8. The fourth-order valence-electron chi connectivity index (χ4n) is 2.08. The van der Waals surface area contributed by atoms with E-state index in [0.29, 0.717) is 12.0 Å². The van der Waals surface area contributed by atoms with Gasteiger partial charge in [0, 0.05) is 19.4 Å². The molecule has 0 atom stereocenters. The molecule has 0 aliphatic rings. The van der Waals surface area contributed by atoms with Crippen molar-refractivity contribution in [1.82, 2.24) is 15.5 Å². The summed E-state index contributed by atoms with van der Waals surface area (Å²) in [6.45, 7) is 4.16. The molecule has 9 heteroatoms. The van der Waals surface area contributed by atoms with E-state index in [4.69, 9.17) is 4.42 Å². The van der Waals surface area contributed by atoms with Gasteiger partial charge in [-0.3, -0.25) is 4.79 Å². The third kappa shape index (κ3) is 5.93. The van der Waals surface area contributed by atoms with Crippen LogP contribution in [0.1, 0.15) is 31.7 Å². The molecule has 7 nitrogen and oxygen atoms in total. The zero-order valence-electron chi connectivity index (χ0n) is 14.0. The first-order chi connectivity index (χ1) is 11.8. The number of carbonyl (C=O) groups is 1. The second-order valence-corrected chi connectivity index (χ2v) is 7.91. The number of carbonyl (C=O) groups excluding carboxylic acids is 1. The Morgan fingerprint density at radius 1 is 1.24 bits per heavy atom. The van der Waals surface area contributed by atoms with Gasteiger partial charge >= 0.3 is 5.22 Å². The molecule has 1 N–H and O–H groups in total. The van der Waals surface area contributed by atoms with Gasteiger partial charge in [0.2, 0.25) is 21.6 Å². The summed E-state index contributed by atoms with van der Waals surface area (Å²) in [6, 6.07) is 5.14. The maximum absolute atomic E-state index is 12.9. The lowest BCUT2D eigenvalue weighted by Gasteiger charge is -2.05. The fraction of sp³-hybridized carbons (Fsp3) is 0.438. The van der Waals surface area contributed by atoms with Crippen molar-refractivity contribution in [3.63, 3.8) is 0 Å². The number of sulfone groups is 1. The number of amides is 1. The molecule has 1 heterocycles. The Morgan fingerprint density at radius 2 is 1.92 bits per heavy atom. The quantitative estimate of drug-likeness (QED) is 0.762. The Kier molecular flexibility index (Phi) is 6.24. The van der Waals surface area contributed by atoms with E-state index in [2.05, 4.69) is 15.5 Å². The third-order valence-corrected chi connectivity index (χ3v) is 4.65. The van der Waals surface area contributed by atoms with E-state index in [1.54, 1.807) is 0 Å². The van der Waals surface area contributed by atoms with Crippen LogP contribution in [0.5, 0.6) is 0 Å². The van der Waals surface area contributed by atoms with E-state index < -0.39 is 20.9 Å². The van der Waals surface area contributed by atoms with Gasteiger partial charge < -0.3 is 9.73 Å². The molecular formula is C16H20FN3O4S. The lowest BCUT2D eigenvalue weighted by Crippen LogP contribution is -2.26. The van der Waals surface area contributed by atoms with Crippen molar-refractivity contribution >= 4 is 15.7 Å². The molecule has 1 aromatic heterocycles. The smallest absolute Gasteiger partial charge is 0.335 e. The van der Waals surface area contributed by atoms with E-state index in [-0.39, 0.29) is 36.4 Å². The predicted molar refractivity (Wildman–Crippen MR) is 87.8 cm³/mol. The maximum Gasteiger partial charge on any atom is 0.335 e. The van der Waals surface area contributed by atoms with E-state index >= 15 is 0 Å². The van der Waals surface area contributed by atoms with Crippen molar-refractivity contribution in [2.24, 2.45) is 5.92 Å². The normalized spacial score (nSPS) is 11.7. The van der Waals surface area contributed by atoms with Crippen molar-refractivity contribution in [3.05, 3.63) is 41.5 Å². The Morgan fingerprint density at radius 3 is 2.56 bits per heavy atom. The Balaban J connectivity index is 1.93. The minimum Gasteiger partial charge on any atom is -0.412 e. The molecule has 2 aromatic rings. The monoisotopic (exact) mass is 369 g/mol.